The first-order valence-electron chi connectivity index (χ1n) is 7.71. The number of piperazine rings is 1. The summed E-state index contributed by atoms with van der Waals surface area (Å²) in [4.78, 5) is 26.6. The summed E-state index contributed by atoms with van der Waals surface area (Å²) in [5, 5.41) is 2.89. The molecule has 0 saturated carbocycles. The fourth-order valence-corrected chi connectivity index (χ4v) is 3.08. The van der Waals surface area contributed by atoms with Gasteiger partial charge in [0.15, 0.2) is 0 Å². The monoisotopic (exact) mass is 282 g/mol. The van der Waals surface area contributed by atoms with Crippen LogP contribution >= 0.6 is 0 Å². The quantitative estimate of drug-likeness (QED) is 0.823. The smallest absolute Gasteiger partial charge is 0.245 e. The Morgan fingerprint density at radius 3 is 2.70 bits per heavy atom. The fraction of sp³-hybridized carbons (Fsp3) is 0.867. The summed E-state index contributed by atoms with van der Waals surface area (Å²) in [5.74, 6) is 0.839. The van der Waals surface area contributed by atoms with Crippen molar-refractivity contribution in [2.75, 3.05) is 19.8 Å². The van der Waals surface area contributed by atoms with E-state index in [2.05, 4.69) is 19.2 Å². The molecule has 5 heteroatoms. The van der Waals surface area contributed by atoms with Gasteiger partial charge in [-0.15, -0.1) is 0 Å². The number of hydrogen-bond acceptors (Lipinski definition) is 3. The minimum Gasteiger partial charge on any atom is -0.381 e. The summed E-state index contributed by atoms with van der Waals surface area (Å²) in [6, 6.07) is -0.667. The highest BCUT2D eigenvalue weighted by atomic mass is 16.5. The van der Waals surface area contributed by atoms with Gasteiger partial charge in [0.1, 0.15) is 12.1 Å². The Kier molecular flexibility index (Phi) is 5.02. The lowest BCUT2D eigenvalue weighted by atomic mass is 9.96. The van der Waals surface area contributed by atoms with Gasteiger partial charge in [-0.25, -0.2) is 0 Å². The molecule has 0 aliphatic carbocycles. The molecule has 0 aromatic rings. The third-order valence-electron chi connectivity index (χ3n) is 4.15. The zero-order chi connectivity index (χ0) is 14.7. The molecule has 2 aliphatic heterocycles. The number of carbonyl (C=O) groups is 2. The number of nitrogens with zero attached hydrogens (tertiary/aromatic N) is 1. The predicted molar refractivity (Wildman–Crippen MR) is 76.1 cm³/mol. The van der Waals surface area contributed by atoms with Gasteiger partial charge in [0.25, 0.3) is 0 Å². The maximum Gasteiger partial charge on any atom is 0.245 e. The molecule has 2 aliphatic rings. The maximum absolute atomic E-state index is 12.6. The van der Waals surface area contributed by atoms with Gasteiger partial charge < -0.3 is 15.0 Å². The van der Waals surface area contributed by atoms with Gasteiger partial charge in [-0.3, -0.25) is 9.59 Å². The van der Waals surface area contributed by atoms with E-state index < -0.39 is 0 Å². The van der Waals surface area contributed by atoms with E-state index in [1.54, 1.807) is 4.90 Å². The average Bonchev–Trinajstić information content (AvgIpc) is 2.88. The van der Waals surface area contributed by atoms with E-state index in [4.69, 9.17) is 4.74 Å². The van der Waals surface area contributed by atoms with E-state index >= 15 is 0 Å². The summed E-state index contributed by atoms with van der Waals surface area (Å²) >= 11 is 0. The standard InChI is InChI=1S/C15H26N2O3/c1-4-13-14(18)16-12(7-10(2)3)15(19)17(13)8-11-5-6-20-9-11/h10-13H,4-9H2,1-3H3,(H,16,18). The number of nitrogens with one attached hydrogen (secondary N) is 1. The van der Waals surface area contributed by atoms with Crippen LogP contribution in [0.15, 0.2) is 0 Å². The lowest BCUT2D eigenvalue weighted by molar-refractivity contribution is -0.150. The molecule has 20 heavy (non-hydrogen) atoms. The number of hydrogen-bond donors (Lipinski definition) is 1. The average molecular weight is 282 g/mol. The van der Waals surface area contributed by atoms with Crippen LogP contribution in [0.4, 0.5) is 0 Å². The normalized spacial score (nSPS) is 31.0. The molecule has 0 bridgehead atoms. The zero-order valence-corrected chi connectivity index (χ0v) is 12.7. The number of carbonyl (C=O) groups excluding carboxylic acids is 2. The third-order valence-corrected chi connectivity index (χ3v) is 4.15. The van der Waals surface area contributed by atoms with Crippen molar-refractivity contribution < 1.29 is 14.3 Å². The molecule has 2 fully saturated rings. The molecule has 2 heterocycles. The van der Waals surface area contributed by atoms with Crippen molar-refractivity contribution in [2.45, 2.75) is 52.1 Å². The predicted octanol–water partition coefficient (Wildman–Crippen LogP) is 1.17. The molecule has 3 atom stereocenters. The Bertz CT molecular complexity index is 364. The van der Waals surface area contributed by atoms with Crippen LogP contribution in [-0.4, -0.2) is 48.6 Å². The van der Waals surface area contributed by atoms with Crippen LogP contribution in [0, 0.1) is 11.8 Å². The number of ether oxygens (including phenoxy) is 1. The molecule has 0 aromatic carbocycles. The summed E-state index contributed by atoms with van der Waals surface area (Å²) in [5.41, 5.74) is 0. The first kappa shape index (κ1) is 15.3. The summed E-state index contributed by atoms with van der Waals surface area (Å²) in [6.07, 6.45) is 2.36. The summed E-state index contributed by atoms with van der Waals surface area (Å²) in [7, 11) is 0. The lowest BCUT2D eigenvalue weighted by Gasteiger charge is -2.40. The molecular weight excluding hydrogens is 256 g/mol. The lowest BCUT2D eigenvalue weighted by Crippen LogP contribution is -2.64. The maximum atomic E-state index is 12.6. The van der Waals surface area contributed by atoms with Crippen molar-refractivity contribution in [1.29, 1.82) is 0 Å². The van der Waals surface area contributed by atoms with Crippen LogP contribution in [0.2, 0.25) is 0 Å². The second kappa shape index (κ2) is 6.57. The van der Waals surface area contributed by atoms with Crippen molar-refractivity contribution in [2.24, 2.45) is 11.8 Å². The first-order chi connectivity index (χ1) is 9.52. The van der Waals surface area contributed by atoms with Gasteiger partial charge in [-0.2, -0.15) is 0 Å². The second-order valence-corrected chi connectivity index (χ2v) is 6.33. The van der Waals surface area contributed by atoms with Gasteiger partial charge in [-0.05, 0) is 25.2 Å². The molecule has 5 nitrogen and oxygen atoms in total. The summed E-state index contributed by atoms with van der Waals surface area (Å²) < 4.78 is 5.38. The Morgan fingerprint density at radius 1 is 1.40 bits per heavy atom. The third kappa shape index (κ3) is 3.32. The van der Waals surface area contributed by atoms with Crippen molar-refractivity contribution in [1.82, 2.24) is 10.2 Å². The summed E-state index contributed by atoms with van der Waals surface area (Å²) in [6.45, 7) is 8.22. The van der Waals surface area contributed by atoms with E-state index in [9.17, 15) is 9.59 Å². The molecule has 2 saturated heterocycles. The Morgan fingerprint density at radius 2 is 2.15 bits per heavy atom. The molecule has 0 spiro atoms. The van der Waals surface area contributed by atoms with Gasteiger partial charge in [0.2, 0.25) is 11.8 Å². The highest BCUT2D eigenvalue weighted by Gasteiger charge is 2.40. The van der Waals surface area contributed by atoms with Crippen LogP contribution < -0.4 is 5.32 Å². The molecule has 1 N–H and O–H groups in total. The topological polar surface area (TPSA) is 58.6 Å². The number of amides is 2. The van der Waals surface area contributed by atoms with Crippen molar-refractivity contribution in [3.63, 3.8) is 0 Å². The number of rotatable bonds is 5. The van der Waals surface area contributed by atoms with Crippen molar-refractivity contribution in [3.05, 3.63) is 0 Å². The first-order valence-corrected chi connectivity index (χ1v) is 7.71. The van der Waals surface area contributed by atoms with Crippen LogP contribution in [0.25, 0.3) is 0 Å². The van der Waals surface area contributed by atoms with Crippen molar-refractivity contribution in [3.8, 4) is 0 Å². The van der Waals surface area contributed by atoms with Crippen LogP contribution in [0.5, 0.6) is 0 Å². The Balaban J connectivity index is 2.09. The molecule has 3 unspecified atom stereocenters. The van der Waals surface area contributed by atoms with Gasteiger partial charge in [0.05, 0.1) is 6.61 Å². The molecule has 0 radical (unpaired) electrons. The Labute approximate surface area is 121 Å². The highest BCUT2D eigenvalue weighted by molar-refractivity contribution is 5.96. The van der Waals surface area contributed by atoms with Crippen LogP contribution in [-0.2, 0) is 14.3 Å². The minimum absolute atomic E-state index is 0.00309. The van der Waals surface area contributed by atoms with Gasteiger partial charge in [-0.1, -0.05) is 20.8 Å². The molecule has 2 rings (SSSR count). The minimum atomic E-state index is -0.354. The molecule has 114 valence electrons. The van der Waals surface area contributed by atoms with E-state index in [0.717, 1.165) is 13.0 Å². The van der Waals surface area contributed by atoms with Crippen LogP contribution in [0.3, 0.4) is 0 Å². The van der Waals surface area contributed by atoms with E-state index in [-0.39, 0.29) is 23.9 Å². The van der Waals surface area contributed by atoms with Gasteiger partial charge in [0, 0.05) is 19.1 Å². The highest BCUT2D eigenvalue weighted by Crippen LogP contribution is 2.22. The molecular formula is C15H26N2O3. The van der Waals surface area contributed by atoms with E-state index in [0.29, 0.717) is 37.8 Å². The Hall–Kier alpha value is -1.10. The molecule has 0 aromatic heterocycles. The van der Waals surface area contributed by atoms with Gasteiger partial charge >= 0.3 is 0 Å². The fourth-order valence-electron chi connectivity index (χ4n) is 3.08. The van der Waals surface area contributed by atoms with Crippen LogP contribution in [0.1, 0.15) is 40.0 Å². The largest absolute Gasteiger partial charge is 0.381 e. The zero-order valence-electron chi connectivity index (χ0n) is 12.7. The molecule has 2 amide bonds. The van der Waals surface area contributed by atoms with Crippen molar-refractivity contribution >= 4 is 11.8 Å². The SMILES string of the molecule is CCC1C(=O)NC(CC(C)C)C(=O)N1CC1CCOC1. The van der Waals surface area contributed by atoms with E-state index in [1.807, 2.05) is 6.92 Å². The van der Waals surface area contributed by atoms with E-state index in [1.165, 1.54) is 0 Å². The second-order valence-electron chi connectivity index (χ2n) is 6.33.